The predicted octanol–water partition coefficient (Wildman–Crippen LogP) is 4.56. The molecule has 2 rings (SSSR count). The van der Waals surface area contributed by atoms with E-state index >= 15 is 0 Å². The van der Waals surface area contributed by atoms with Gasteiger partial charge in [0.25, 0.3) is 10.0 Å². The Morgan fingerprint density at radius 3 is 2.24 bits per heavy atom. The van der Waals surface area contributed by atoms with Crippen LogP contribution in [0.15, 0.2) is 47.4 Å². The maximum atomic E-state index is 12.7. The van der Waals surface area contributed by atoms with Gasteiger partial charge < -0.3 is 0 Å². The molecule has 2 aromatic carbocycles. The minimum atomic E-state index is -3.79. The van der Waals surface area contributed by atoms with Crippen LogP contribution in [0.5, 0.6) is 0 Å². The Hall–Kier alpha value is -0.940. The summed E-state index contributed by atoms with van der Waals surface area (Å²) in [7, 11) is -2.32. The normalized spacial score (nSPS) is 11.4. The van der Waals surface area contributed by atoms with Crippen LogP contribution in [0.25, 0.3) is 0 Å². The fourth-order valence-corrected chi connectivity index (χ4v) is 4.32. The SMILES string of the molecule is CN(c1ccccc1)S(=O)(=O)c1ccc(Cl)c(CCl)c1Cl. The van der Waals surface area contributed by atoms with Crippen LogP contribution in [0.2, 0.25) is 10.0 Å². The van der Waals surface area contributed by atoms with E-state index < -0.39 is 10.0 Å². The molecule has 3 nitrogen and oxygen atoms in total. The number of hydrogen-bond acceptors (Lipinski definition) is 2. The summed E-state index contributed by atoms with van der Waals surface area (Å²) >= 11 is 17.9. The van der Waals surface area contributed by atoms with Gasteiger partial charge in [0, 0.05) is 17.6 Å². The largest absolute Gasteiger partial charge is 0.269 e. The van der Waals surface area contributed by atoms with Crippen LogP contribution in [0.1, 0.15) is 5.56 Å². The molecular formula is C14H12Cl3NO2S. The van der Waals surface area contributed by atoms with Gasteiger partial charge in [0.05, 0.1) is 16.6 Å². The van der Waals surface area contributed by atoms with Crippen molar-refractivity contribution in [3.05, 3.63) is 58.1 Å². The van der Waals surface area contributed by atoms with Crippen LogP contribution in [0.3, 0.4) is 0 Å². The highest BCUT2D eigenvalue weighted by atomic mass is 35.5. The Kier molecular flexibility index (Phi) is 5.04. The molecule has 0 N–H and O–H groups in total. The molecule has 0 bridgehead atoms. The predicted molar refractivity (Wildman–Crippen MR) is 88.0 cm³/mol. The van der Waals surface area contributed by atoms with Gasteiger partial charge in [0.1, 0.15) is 4.90 Å². The van der Waals surface area contributed by atoms with E-state index in [0.29, 0.717) is 16.3 Å². The number of nitrogens with zero attached hydrogens (tertiary/aromatic N) is 1. The van der Waals surface area contributed by atoms with Crippen molar-refractivity contribution in [2.75, 3.05) is 11.4 Å². The van der Waals surface area contributed by atoms with Gasteiger partial charge >= 0.3 is 0 Å². The lowest BCUT2D eigenvalue weighted by molar-refractivity contribution is 0.594. The summed E-state index contributed by atoms with van der Waals surface area (Å²) in [5, 5.41) is 0.400. The molecule has 0 saturated carbocycles. The van der Waals surface area contributed by atoms with E-state index in [1.54, 1.807) is 24.3 Å². The van der Waals surface area contributed by atoms with Crippen LogP contribution in [-0.4, -0.2) is 15.5 Å². The van der Waals surface area contributed by atoms with Gasteiger partial charge in [-0.3, -0.25) is 4.31 Å². The molecule has 0 heterocycles. The van der Waals surface area contributed by atoms with Crippen molar-refractivity contribution in [2.45, 2.75) is 10.8 Å². The first-order valence-corrected chi connectivity index (χ1v) is 8.69. The smallest absolute Gasteiger partial charge is 0.265 e. The molecule has 0 saturated heterocycles. The van der Waals surface area contributed by atoms with Gasteiger partial charge in [0.2, 0.25) is 0 Å². The zero-order chi connectivity index (χ0) is 15.6. The lowest BCUT2D eigenvalue weighted by atomic mass is 10.2. The fourth-order valence-electron chi connectivity index (χ4n) is 1.82. The lowest BCUT2D eigenvalue weighted by Crippen LogP contribution is -2.27. The molecule has 112 valence electrons. The van der Waals surface area contributed by atoms with Crippen molar-refractivity contribution in [3.8, 4) is 0 Å². The first-order chi connectivity index (χ1) is 9.89. The zero-order valence-corrected chi connectivity index (χ0v) is 14.1. The third-order valence-corrected chi connectivity index (χ3v) is 6.04. The quantitative estimate of drug-likeness (QED) is 0.746. The molecule has 7 heteroatoms. The summed E-state index contributed by atoms with van der Waals surface area (Å²) in [4.78, 5) is -0.0180. The Morgan fingerprint density at radius 2 is 1.67 bits per heavy atom. The molecule has 2 aromatic rings. The molecule has 0 aliphatic carbocycles. The summed E-state index contributed by atoms with van der Waals surface area (Å²) in [6.45, 7) is 0. The zero-order valence-electron chi connectivity index (χ0n) is 11.1. The number of halogens is 3. The third kappa shape index (κ3) is 3.14. The molecule has 0 atom stereocenters. The van der Waals surface area contributed by atoms with Gasteiger partial charge in [-0.15, -0.1) is 11.6 Å². The average Bonchev–Trinajstić information content (AvgIpc) is 2.47. The molecule has 21 heavy (non-hydrogen) atoms. The highest BCUT2D eigenvalue weighted by Crippen LogP contribution is 2.34. The summed E-state index contributed by atoms with van der Waals surface area (Å²) < 4.78 is 26.5. The van der Waals surface area contributed by atoms with E-state index in [2.05, 4.69) is 0 Å². The number of para-hydroxylation sites is 1. The molecule has 0 amide bonds. The summed E-state index contributed by atoms with van der Waals surface area (Å²) in [6.07, 6.45) is 0. The molecule has 0 radical (unpaired) electrons. The minimum Gasteiger partial charge on any atom is -0.269 e. The first kappa shape index (κ1) is 16.4. The third-order valence-electron chi connectivity index (χ3n) is 3.04. The Morgan fingerprint density at radius 1 is 1.05 bits per heavy atom. The van der Waals surface area contributed by atoms with E-state index in [1.807, 2.05) is 6.07 Å². The van der Waals surface area contributed by atoms with E-state index in [-0.39, 0.29) is 15.8 Å². The van der Waals surface area contributed by atoms with Crippen molar-refractivity contribution in [3.63, 3.8) is 0 Å². The van der Waals surface area contributed by atoms with Crippen molar-refractivity contribution >= 4 is 50.5 Å². The number of rotatable bonds is 4. The summed E-state index contributed by atoms with van der Waals surface area (Å²) in [5.41, 5.74) is 0.943. The van der Waals surface area contributed by atoms with Crippen LogP contribution >= 0.6 is 34.8 Å². The maximum Gasteiger partial charge on any atom is 0.265 e. The van der Waals surface area contributed by atoms with Gasteiger partial charge in [-0.1, -0.05) is 41.4 Å². The van der Waals surface area contributed by atoms with Crippen molar-refractivity contribution in [1.29, 1.82) is 0 Å². The molecule has 0 aromatic heterocycles. The summed E-state index contributed by atoms with van der Waals surface area (Å²) in [6, 6.07) is 11.6. The van der Waals surface area contributed by atoms with E-state index in [9.17, 15) is 8.42 Å². The molecule has 0 aliphatic rings. The molecule has 0 unspecified atom stereocenters. The molecule has 0 spiro atoms. The summed E-state index contributed by atoms with van der Waals surface area (Å²) in [5.74, 6) is 0.0378. The minimum absolute atomic E-state index is 0.0180. The van der Waals surface area contributed by atoms with Crippen LogP contribution in [0, 0.1) is 0 Å². The topological polar surface area (TPSA) is 37.4 Å². The number of hydrogen-bond donors (Lipinski definition) is 0. The van der Waals surface area contributed by atoms with Crippen LogP contribution in [-0.2, 0) is 15.9 Å². The van der Waals surface area contributed by atoms with E-state index in [4.69, 9.17) is 34.8 Å². The van der Waals surface area contributed by atoms with Gasteiger partial charge in [-0.05, 0) is 24.3 Å². The fraction of sp³-hybridized carbons (Fsp3) is 0.143. The number of sulfonamides is 1. The Labute approximate surface area is 139 Å². The first-order valence-electron chi connectivity index (χ1n) is 5.96. The highest BCUT2D eigenvalue weighted by molar-refractivity contribution is 7.93. The second-order valence-electron chi connectivity index (χ2n) is 4.28. The molecular weight excluding hydrogens is 353 g/mol. The van der Waals surface area contributed by atoms with Gasteiger partial charge in [0.15, 0.2) is 0 Å². The lowest BCUT2D eigenvalue weighted by Gasteiger charge is -2.21. The average molecular weight is 365 g/mol. The van der Waals surface area contributed by atoms with Crippen molar-refractivity contribution in [2.24, 2.45) is 0 Å². The number of alkyl halides is 1. The standard InChI is InChI=1S/C14H12Cl3NO2S/c1-18(10-5-3-2-4-6-10)21(19,20)13-8-7-12(16)11(9-15)14(13)17/h2-8H,9H2,1H3. The van der Waals surface area contributed by atoms with Gasteiger partial charge in [-0.2, -0.15) is 0 Å². The monoisotopic (exact) mass is 363 g/mol. The molecule has 0 fully saturated rings. The Balaban J connectivity index is 2.55. The highest BCUT2D eigenvalue weighted by Gasteiger charge is 2.26. The maximum absolute atomic E-state index is 12.7. The van der Waals surface area contributed by atoms with E-state index in [0.717, 1.165) is 0 Å². The van der Waals surface area contributed by atoms with Crippen molar-refractivity contribution < 1.29 is 8.42 Å². The van der Waals surface area contributed by atoms with Gasteiger partial charge in [-0.25, -0.2) is 8.42 Å². The van der Waals surface area contributed by atoms with Crippen LogP contribution < -0.4 is 4.31 Å². The van der Waals surface area contributed by atoms with E-state index in [1.165, 1.54) is 23.5 Å². The van der Waals surface area contributed by atoms with Crippen molar-refractivity contribution in [1.82, 2.24) is 0 Å². The van der Waals surface area contributed by atoms with Crippen LogP contribution in [0.4, 0.5) is 5.69 Å². The number of benzene rings is 2. The second-order valence-corrected chi connectivity index (χ2v) is 7.27. The molecule has 0 aliphatic heterocycles. The Bertz CT molecular complexity index is 748. The number of anilines is 1. The second kappa shape index (κ2) is 6.44.